The van der Waals surface area contributed by atoms with Crippen molar-refractivity contribution in [2.45, 2.75) is 74.7 Å². The molecule has 0 saturated heterocycles. The van der Waals surface area contributed by atoms with Gasteiger partial charge < -0.3 is 0 Å². The standard InChI is InChI=1S/C25H28N4O3S2/c1-15(21(30)27-28-22(31)16-9-3-2-4-10-16)33-25-26-23-20(18-13-7-8-14-19(18)34-23)24(32)29(25)17-11-5-6-12-17/h2-4,9-10,15,17H,5-8,11-14H2,1H3,(H,27,30)(H,28,31)/t15-/m1/s1. The van der Waals surface area contributed by atoms with Crippen molar-refractivity contribution in [2.75, 3.05) is 0 Å². The number of benzene rings is 1. The van der Waals surface area contributed by atoms with Crippen LogP contribution >= 0.6 is 23.1 Å². The van der Waals surface area contributed by atoms with Crippen LogP contribution in [0.15, 0.2) is 40.3 Å². The van der Waals surface area contributed by atoms with E-state index in [4.69, 9.17) is 4.98 Å². The van der Waals surface area contributed by atoms with Crippen LogP contribution in [0.3, 0.4) is 0 Å². The number of hydrazine groups is 1. The zero-order valence-corrected chi connectivity index (χ0v) is 20.8. The summed E-state index contributed by atoms with van der Waals surface area (Å²) in [5, 5.41) is 0.853. The van der Waals surface area contributed by atoms with Crippen molar-refractivity contribution in [2.24, 2.45) is 0 Å². The molecule has 7 nitrogen and oxygen atoms in total. The molecule has 2 heterocycles. The Balaban J connectivity index is 1.39. The molecule has 0 spiro atoms. The van der Waals surface area contributed by atoms with Crippen LogP contribution in [-0.4, -0.2) is 26.6 Å². The fourth-order valence-corrected chi connectivity index (χ4v) is 7.14. The van der Waals surface area contributed by atoms with E-state index in [1.165, 1.54) is 22.2 Å². The van der Waals surface area contributed by atoms with Crippen LogP contribution in [0.5, 0.6) is 0 Å². The zero-order valence-electron chi connectivity index (χ0n) is 19.1. The lowest BCUT2D eigenvalue weighted by molar-refractivity contribution is -0.121. The molecule has 2 aromatic heterocycles. The summed E-state index contributed by atoms with van der Waals surface area (Å²) in [5.41, 5.74) is 6.69. The van der Waals surface area contributed by atoms with Gasteiger partial charge in [-0.25, -0.2) is 4.98 Å². The lowest BCUT2D eigenvalue weighted by Crippen LogP contribution is -2.45. The summed E-state index contributed by atoms with van der Waals surface area (Å²) in [4.78, 5) is 45.8. The monoisotopic (exact) mass is 496 g/mol. The minimum atomic E-state index is -0.539. The summed E-state index contributed by atoms with van der Waals surface area (Å²) >= 11 is 2.91. The van der Waals surface area contributed by atoms with Crippen LogP contribution in [0.1, 0.15) is 72.3 Å². The average Bonchev–Trinajstić information content (AvgIpc) is 3.50. The van der Waals surface area contributed by atoms with Gasteiger partial charge in [0.05, 0.1) is 10.6 Å². The first-order valence-electron chi connectivity index (χ1n) is 11.9. The molecule has 1 fully saturated rings. The third-order valence-electron chi connectivity index (χ3n) is 6.67. The molecule has 0 unspecified atom stereocenters. The number of nitrogens with zero attached hydrogens (tertiary/aromatic N) is 2. The number of hydrogen-bond acceptors (Lipinski definition) is 6. The predicted molar refractivity (Wildman–Crippen MR) is 135 cm³/mol. The fourth-order valence-electron chi connectivity index (χ4n) is 4.86. The summed E-state index contributed by atoms with van der Waals surface area (Å²) in [6.45, 7) is 1.77. The maximum atomic E-state index is 13.8. The van der Waals surface area contributed by atoms with Crippen LogP contribution in [0, 0.1) is 0 Å². The van der Waals surface area contributed by atoms with Crippen LogP contribution < -0.4 is 16.4 Å². The van der Waals surface area contributed by atoms with Gasteiger partial charge in [-0.2, -0.15) is 0 Å². The van der Waals surface area contributed by atoms with Gasteiger partial charge in [-0.1, -0.05) is 42.8 Å². The van der Waals surface area contributed by atoms with Crippen molar-refractivity contribution in [3.63, 3.8) is 0 Å². The molecule has 3 aromatic rings. The maximum absolute atomic E-state index is 13.8. The Labute approximate surface area is 206 Å². The minimum Gasteiger partial charge on any atom is -0.284 e. The third-order valence-corrected chi connectivity index (χ3v) is 8.92. The van der Waals surface area contributed by atoms with E-state index < -0.39 is 5.25 Å². The molecule has 2 aliphatic carbocycles. The number of carbonyl (C=O) groups excluding carboxylic acids is 2. The Morgan fingerprint density at radius 2 is 1.82 bits per heavy atom. The topological polar surface area (TPSA) is 93.1 Å². The molecule has 2 aliphatic rings. The van der Waals surface area contributed by atoms with Crippen molar-refractivity contribution in [3.8, 4) is 0 Å². The zero-order chi connectivity index (χ0) is 23.7. The number of aromatic nitrogens is 2. The molecule has 0 radical (unpaired) electrons. The second kappa shape index (κ2) is 9.92. The van der Waals surface area contributed by atoms with Gasteiger partial charge in [-0.15, -0.1) is 11.3 Å². The average molecular weight is 497 g/mol. The minimum absolute atomic E-state index is 0.0452. The van der Waals surface area contributed by atoms with Crippen molar-refractivity contribution < 1.29 is 9.59 Å². The van der Waals surface area contributed by atoms with Crippen molar-refractivity contribution in [3.05, 3.63) is 56.7 Å². The number of carbonyl (C=O) groups is 2. The molecule has 0 bridgehead atoms. The van der Waals surface area contributed by atoms with Gasteiger partial charge in [-0.3, -0.25) is 29.8 Å². The van der Waals surface area contributed by atoms with E-state index >= 15 is 0 Å². The van der Waals surface area contributed by atoms with Crippen molar-refractivity contribution >= 4 is 45.1 Å². The van der Waals surface area contributed by atoms with Gasteiger partial charge in [0, 0.05) is 16.5 Å². The van der Waals surface area contributed by atoms with Gasteiger partial charge in [0.15, 0.2) is 5.16 Å². The predicted octanol–water partition coefficient (Wildman–Crippen LogP) is 4.39. The second-order valence-corrected chi connectivity index (χ2v) is 11.4. The highest BCUT2D eigenvalue weighted by atomic mass is 32.2. The highest BCUT2D eigenvalue weighted by molar-refractivity contribution is 8.00. The third kappa shape index (κ3) is 4.51. The summed E-state index contributed by atoms with van der Waals surface area (Å²) in [5.74, 6) is -0.718. The number of thioether (sulfide) groups is 1. The Hall–Kier alpha value is -2.65. The maximum Gasteiger partial charge on any atom is 0.269 e. The summed E-state index contributed by atoms with van der Waals surface area (Å²) < 4.78 is 1.86. The normalized spacial score (nSPS) is 16.9. The van der Waals surface area contributed by atoms with Gasteiger partial charge in [0.25, 0.3) is 17.4 Å². The summed E-state index contributed by atoms with van der Waals surface area (Å²) in [6.07, 6.45) is 8.35. The molecule has 1 atom stereocenters. The van der Waals surface area contributed by atoms with Gasteiger partial charge >= 0.3 is 0 Å². The first kappa shape index (κ1) is 23.1. The van der Waals surface area contributed by atoms with Crippen LogP contribution in [0.4, 0.5) is 0 Å². The van der Waals surface area contributed by atoms with E-state index in [-0.39, 0.29) is 23.4 Å². The van der Waals surface area contributed by atoms with Crippen molar-refractivity contribution in [1.29, 1.82) is 0 Å². The van der Waals surface area contributed by atoms with E-state index in [0.29, 0.717) is 10.7 Å². The quantitative estimate of drug-likeness (QED) is 0.310. The van der Waals surface area contributed by atoms with Gasteiger partial charge in [0.1, 0.15) is 4.83 Å². The summed E-state index contributed by atoms with van der Waals surface area (Å²) in [7, 11) is 0. The number of hydrogen-bond donors (Lipinski definition) is 2. The number of amides is 2. The highest BCUT2D eigenvalue weighted by Gasteiger charge is 2.28. The largest absolute Gasteiger partial charge is 0.284 e. The Morgan fingerprint density at radius 3 is 2.59 bits per heavy atom. The van der Waals surface area contributed by atoms with E-state index in [9.17, 15) is 14.4 Å². The molecule has 2 amide bonds. The fraction of sp³-hybridized carbons (Fsp3) is 0.440. The molecule has 1 saturated carbocycles. The lowest BCUT2D eigenvalue weighted by Gasteiger charge is -2.20. The van der Waals surface area contributed by atoms with E-state index in [2.05, 4.69) is 10.9 Å². The molecule has 1 aromatic carbocycles. The molecule has 2 N–H and O–H groups in total. The van der Waals surface area contributed by atoms with Gasteiger partial charge in [-0.05, 0) is 63.1 Å². The molecule has 178 valence electrons. The number of fused-ring (bicyclic) bond motifs is 3. The SMILES string of the molecule is C[C@@H](Sc1nc2sc3c(c2c(=O)n1C1CCCC1)CCCC3)C(=O)NNC(=O)c1ccccc1. The molecule has 0 aliphatic heterocycles. The van der Waals surface area contributed by atoms with Crippen LogP contribution in [-0.2, 0) is 17.6 Å². The number of aryl methyl sites for hydroxylation is 2. The van der Waals surface area contributed by atoms with Crippen LogP contribution in [0.2, 0.25) is 0 Å². The smallest absolute Gasteiger partial charge is 0.269 e. The van der Waals surface area contributed by atoms with E-state index in [1.807, 2.05) is 10.6 Å². The molecular weight excluding hydrogens is 468 g/mol. The Kier molecular flexibility index (Phi) is 6.74. The molecule has 9 heteroatoms. The molecule has 5 rings (SSSR count). The number of thiophene rings is 1. The van der Waals surface area contributed by atoms with Crippen LogP contribution in [0.25, 0.3) is 10.2 Å². The van der Waals surface area contributed by atoms with Gasteiger partial charge in [0.2, 0.25) is 0 Å². The molecule has 34 heavy (non-hydrogen) atoms. The highest BCUT2D eigenvalue weighted by Crippen LogP contribution is 2.38. The Bertz CT molecular complexity index is 1280. The second-order valence-electron chi connectivity index (χ2n) is 8.97. The first-order valence-corrected chi connectivity index (χ1v) is 13.6. The first-order chi connectivity index (χ1) is 16.5. The van der Waals surface area contributed by atoms with Crippen molar-refractivity contribution in [1.82, 2.24) is 20.4 Å². The lowest BCUT2D eigenvalue weighted by atomic mass is 9.97. The number of nitrogens with one attached hydrogen (secondary N) is 2. The van der Waals surface area contributed by atoms with E-state index in [0.717, 1.165) is 61.6 Å². The summed E-state index contributed by atoms with van der Waals surface area (Å²) in [6, 6.07) is 8.84. The number of rotatable bonds is 5. The Morgan fingerprint density at radius 1 is 1.09 bits per heavy atom. The molecular formula is C25H28N4O3S2. The van der Waals surface area contributed by atoms with E-state index in [1.54, 1.807) is 42.5 Å².